The summed E-state index contributed by atoms with van der Waals surface area (Å²) < 4.78 is 10.6. The van der Waals surface area contributed by atoms with E-state index in [1.807, 2.05) is 0 Å². The summed E-state index contributed by atoms with van der Waals surface area (Å²) in [5.41, 5.74) is 0. The van der Waals surface area contributed by atoms with Gasteiger partial charge in [-0.2, -0.15) is 0 Å². The average Bonchev–Trinajstić information content (AvgIpc) is 2.93. The molecule has 0 amide bonds. The maximum absolute atomic E-state index is 12.1. The summed E-state index contributed by atoms with van der Waals surface area (Å²) in [6, 6.07) is 0. The molecule has 0 aromatic carbocycles. The van der Waals surface area contributed by atoms with Crippen LogP contribution in [0.3, 0.4) is 0 Å². The van der Waals surface area contributed by atoms with Crippen molar-refractivity contribution in [2.24, 2.45) is 5.92 Å². The van der Waals surface area contributed by atoms with Crippen LogP contribution in [0.4, 0.5) is 0 Å². The van der Waals surface area contributed by atoms with E-state index in [-0.39, 0.29) is 25.2 Å². The van der Waals surface area contributed by atoms with Gasteiger partial charge in [-0.15, -0.1) is 0 Å². The molecular formula is C35H68O5. The average molecular weight is 569 g/mol. The Morgan fingerprint density at radius 3 is 1.32 bits per heavy atom. The first-order chi connectivity index (χ1) is 19.5. The van der Waals surface area contributed by atoms with Gasteiger partial charge in [-0.3, -0.25) is 9.59 Å². The van der Waals surface area contributed by atoms with Crippen LogP contribution in [0, 0.1) is 5.92 Å². The molecule has 0 fully saturated rings. The molecule has 5 heteroatoms. The number of aliphatic hydroxyl groups is 1. The monoisotopic (exact) mass is 569 g/mol. The number of hydrogen-bond donors (Lipinski definition) is 1. The predicted molar refractivity (Wildman–Crippen MR) is 168 cm³/mol. The molecule has 0 spiro atoms. The highest BCUT2D eigenvalue weighted by molar-refractivity contribution is 5.70. The van der Waals surface area contributed by atoms with Crippen molar-refractivity contribution in [3.63, 3.8) is 0 Å². The summed E-state index contributed by atoms with van der Waals surface area (Å²) in [6.45, 7) is 6.47. The zero-order chi connectivity index (χ0) is 29.5. The SMILES string of the molecule is CCCCCCCCCCCCCCC(=O)OC[C@H](CO)OC(=O)CCCCCCCCCCCCCC(C)C. The normalized spacial score (nSPS) is 12.1. The number of hydrogen-bond acceptors (Lipinski definition) is 5. The standard InChI is InChI=1S/C35H68O5/c1-4-5-6-7-8-9-10-13-16-19-22-25-28-34(37)39-31-33(30-36)40-35(38)29-26-23-20-17-14-11-12-15-18-21-24-27-32(2)3/h32-33,36H,4-31H2,1-3H3/t33-/m0/s1. The lowest BCUT2D eigenvalue weighted by Gasteiger charge is -2.15. The second-order valence-electron chi connectivity index (χ2n) is 12.4. The minimum absolute atomic E-state index is 0.0585. The third-order valence-electron chi connectivity index (χ3n) is 7.83. The lowest BCUT2D eigenvalue weighted by molar-refractivity contribution is -0.161. The molecule has 0 heterocycles. The highest BCUT2D eigenvalue weighted by Crippen LogP contribution is 2.15. The van der Waals surface area contributed by atoms with Crippen LogP contribution >= 0.6 is 0 Å². The summed E-state index contributed by atoms with van der Waals surface area (Å²) in [7, 11) is 0. The lowest BCUT2D eigenvalue weighted by atomic mass is 10.0. The highest BCUT2D eigenvalue weighted by Gasteiger charge is 2.16. The van der Waals surface area contributed by atoms with Crippen molar-refractivity contribution in [1.82, 2.24) is 0 Å². The molecular weight excluding hydrogens is 500 g/mol. The smallest absolute Gasteiger partial charge is 0.306 e. The molecule has 0 saturated carbocycles. The van der Waals surface area contributed by atoms with Gasteiger partial charge in [0.1, 0.15) is 6.61 Å². The van der Waals surface area contributed by atoms with E-state index in [2.05, 4.69) is 20.8 Å². The van der Waals surface area contributed by atoms with E-state index in [1.165, 1.54) is 122 Å². The quantitative estimate of drug-likeness (QED) is 0.0665. The maximum Gasteiger partial charge on any atom is 0.306 e. The van der Waals surface area contributed by atoms with Gasteiger partial charge in [-0.25, -0.2) is 0 Å². The number of carbonyl (C=O) groups is 2. The van der Waals surface area contributed by atoms with E-state index in [0.717, 1.165) is 38.0 Å². The zero-order valence-corrected chi connectivity index (χ0v) is 27.0. The fourth-order valence-corrected chi connectivity index (χ4v) is 5.15. The van der Waals surface area contributed by atoms with E-state index < -0.39 is 6.10 Å². The third-order valence-corrected chi connectivity index (χ3v) is 7.83. The molecule has 0 aliphatic carbocycles. The topological polar surface area (TPSA) is 72.8 Å². The Balaban J connectivity index is 3.54. The highest BCUT2D eigenvalue weighted by atomic mass is 16.6. The molecule has 1 atom stereocenters. The number of rotatable bonds is 31. The Morgan fingerprint density at radius 2 is 0.925 bits per heavy atom. The van der Waals surface area contributed by atoms with Crippen molar-refractivity contribution in [1.29, 1.82) is 0 Å². The molecule has 5 nitrogen and oxygen atoms in total. The number of ether oxygens (including phenoxy) is 2. The van der Waals surface area contributed by atoms with Gasteiger partial charge in [-0.05, 0) is 18.8 Å². The second kappa shape index (κ2) is 30.8. The Morgan fingerprint density at radius 1 is 0.550 bits per heavy atom. The van der Waals surface area contributed by atoms with Crippen LogP contribution < -0.4 is 0 Å². The molecule has 1 N–H and O–H groups in total. The predicted octanol–water partition coefficient (Wildman–Crippen LogP) is 10.3. The molecule has 238 valence electrons. The van der Waals surface area contributed by atoms with Gasteiger partial charge in [0, 0.05) is 12.8 Å². The van der Waals surface area contributed by atoms with Gasteiger partial charge in [0.05, 0.1) is 6.61 Å². The Labute approximate surface area is 248 Å². The molecule has 40 heavy (non-hydrogen) atoms. The van der Waals surface area contributed by atoms with Crippen molar-refractivity contribution in [3.8, 4) is 0 Å². The van der Waals surface area contributed by atoms with Gasteiger partial charge in [0.15, 0.2) is 6.10 Å². The first-order valence-electron chi connectivity index (χ1n) is 17.5. The molecule has 0 unspecified atom stereocenters. The molecule has 0 aromatic heterocycles. The fourth-order valence-electron chi connectivity index (χ4n) is 5.15. The first kappa shape index (κ1) is 38.9. The first-order valence-corrected chi connectivity index (χ1v) is 17.5. The molecule has 0 aliphatic rings. The van der Waals surface area contributed by atoms with Crippen LogP contribution in [-0.4, -0.2) is 36.4 Å². The van der Waals surface area contributed by atoms with E-state index in [0.29, 0.717) is 12.8 Å². The van der Waals surface area contributed by atoms with Crippen LogP contribution in [0.15, 0.2) is 0 Å². The fraction of sp³-hybridized carbons (Fsp3) is 0.943. The van der Waals surface area contributed by atoms with Crippen molar-refractivity contribution < 1.29 is 24.2 Å². The minimum atomic E-state index is -0.760. The van der Waals surface area contributed by atoms with Gasteiger partial charge in [-0.1, -0.05) is 162 Å². The van der Waals surface area contributed by atoms with E-state index in [9.17, 15) is 14.7 Å². The van der Waals surface area contributed by atoms with Crippen molar-refractivity contribution >= 4 is 11.9 Å². The van der Waals surface area contributed by atoms with Crippen LogP contribution in [0.5, 0.6) is 0 Å². The molecule has 0 saturated heterocycles. The summed E-state index contributed by atoms with van der Waals surface area (Å²) in [6.07, 6.45) is 30.1. The summed E-state index contributed by atoms with van der Waals surface area (Å²) in [4.78, 5) is 24.1. The van der Waals surface area contributed by atoms with Gasteiger partial charge < -0.3 is 14.6 Å². The van der Waals surface area contributed by atoms with Crippen molar-refractivity contribution in [2.75, 3.05) is 13.2 Å². The van der Waals surface area contributed by atoms with Crippen LogP contribution in [0.1, 0.15) is 188 Å². The van der Waals surface area contributed by atoms with E-state index >= 15 is 0 Å². The van der Waals surface area contributed by atoms with Gasteiger partial charge in [0.2, 0.25) is 0 Å². The zero-order valence-electron chi connectivity index (χ0n) is 27.0. The van der Waals surface area contributed by atoms with Crippen LogP contribution in [-0.2, 0) is 19.1 Å². The number of unbranched alkanes of at least 4 members (excludes halogenated alkanes) is 21. The summed E-state index contributed by atoms with van der Waals surface area (Å²) in [5, 5.41) is 9.50. The number of carbonyl (C=O) groups excluding carboxylic acids is 2. The maximum atomic E-state index is 12.1. The molecule has 0 bridgehead atoms. The number of esters is 2. The summed E-state index contributed by atoms with van der Waals surface area (Å²) >= 11 is 0. The van der Waals surface area contributed by atoms with Crippen LogP contribution in [0.25, 0.3) is 0 Å². The second-order valence-corrected chi connectivity index (χ2v) is 12.4. The third kappa shape index (κ3) is 29.9. The molecule has 0 rings (SSSR count). The molecule has 0 aromatic rings. The summed E-state index contributed by atoms with van der Waals surface area (Å²) in [5.74, 6) is 0.252. The Kier molecular flexibility index (Phi) is 30.0. The Hall–Kier alpha value is -1.10. The molecule has 0 aliphatic heterocycles. The van der Waals surface area contributed by atoms with Crippen molar-refractivity contribution in [2.45, 2.75) is 194 Å². The largest absolute Gasteiger partial charge is 0.462 e. The minimum Gasteiger partial charge on any atom is -0.462 e. The van der Waals surface area contributed by atoms with Crippen LogP contribution in [0.2, 0.25) is 0 Å². The number of aliphatic hydroxyl groups excluding tert-OH is 1. The van der Waals surface area contributed by atoms with Gasteiger partial charge >= 0.3 is 11.9 Å². The van der Waals surface area contributed by atoms with E-state index in [4.69, 9.17) is 9.47 Å². The van der Waals surface area contributed by atoms with Crippen molar-refractivity contribution in [3.05, 3.63) is 0 Å². The Bertz CT molecular complexity index is 548. The van der Waals surface area contributed by atoms with E-state index in [1.54, 1.807) is 0 Å². The molecule has 0 radical (unpaired) electrons. The lowest BCUT2D eigenvalue weighted by Crippen LogP contribution is -2.28. The van der Waals surface area contributed by atoms with Gasteiger partial charge in [0.25, 0.3) is 0 Å².